The normalized spacial score (nSPS) is 12.0. The molecule has 0 radical (unpaired) electrons. The zero-order valence-corrected chi connectivity index (χ0v) is 12.4. The predicted molar refractivity (Wildman–Crippen MR) is 55.6 cm³/mol. The summed E-state index contributed by atoms with van der Waals surface area (Å²) < 4.78 is 28.8. The molecule has 84 valence electrons. The van der Waals surface area contributed by atoms with Gasteiger partial charge in [0.2, 0.25) is 0 Å². The molecule has 14 heavy (non-hydrogen) atoms. The molecule has 0 rings (SSSR count). The maximum atomic E-state index is 10.3. The van der Waals surface area contributed by atoms with Gasteiger partial charge >= 0.3 is 32.5 Å². The molecule has 0 aromatic carbocycles. The van der Waals surface area contributed by atoms with Gasteiger partial charge in [-0.2, -0.15) is 8.42 Å². The maximum absolute atomic E-state index is 10.3. The van der Waals surface area contributed by atoms with E-state index in [2.05, 4.69) is 0 Å². The SMILES string of the molecule is CC(=CCCCS(=O)(=O)O)C(=O)O.[PoH2]. The van der Waals surface area contributed by atoms with Crippen LogP contribution in [0, 0.1) is 0 Å². The van der Waals surface area contributed by atoms with Gasteiger partial charge in [0, 0.05) is 5.57 Å². The number of rotatable bonds is 5. The van der Waals surface area contributed by atoms with Crippen LogP contribution in [0.15, 0.2) is 11.6 Å². The van der Waals surface area contributed by atoms with Crippen LogP contribution < -0.4 is 0 Å². The van der Waals surface area contributed by atoms with Crippen molar-refractivity contribution in [3.05, 3.63) is 11.6 Å². The summed E-state index contributed by atoms with van der Waals surface area (Å²) in [6, 6.07) is 0. The van der Waals surface area contributed by atoms with Crippen LogP contribution in [0.25, 0.3) is 0 Å². The van der Waals surface area contributed by atoms with Crippen LogP contribution in [0.5, 0.6) is 0 Å². The molecular weight excluding hydrogens is 405 g/mol. The molecule has 0 spiro atoms. The average Bonchev–Trinajstić information content (AvgIpc) is 1.95. The van der Waals surface area contributed by atoms with E-state index in [0.717, 1.165) is 0 Å². The Bertz CT molecular complexity index is 306. The third-order valence-electron chi connectivity index (χ3n) is 1.39. The fraction of sp³-hybridized carbons (Fsp3) is 0.571. The second-order valence-corrected chi connectivity index (χ2v) is 4.19. The Morgan fingerprint density at radius 1 is 1.43 bits per heavy atom. The van der Waals surface area contributed by atoms with Crippen molar-refractivity contribution in [3.63, 3.8) is 0 Å². The molecule has 0 fully saturated rings. The summed E-state index contributed by atoms with van der Waals surface area (Å²) in [5, 5.41) is 8.41. The van der Waals surface area contributed by atoms with Crippen molar-refractivity contribution in [2.24, 2.45) is 0 Å². The van der Waals surface area contributed by atoms with Gasteiger partial charge < -0.3 is 5.11 Å². The van der Waals surface area contributed by atoms with Crippen LogP contribution >= 0.6 is 0 Å². The first-order chi connectivity index (χ1) is 5.83. The number of carboxylic acid groups (broad SMARTS) is 1. The van der Waals surface area contributed by atoms with Crippen LogP contribution in [0.1, 0.15) is 19.8 Å². The molecule has 0 aromatic heterocycles. The zero-order chi connectivity index (χ0) is 10.5. The quantitative estimate of drug-likeness (QED) is 0.365. The zero-order valence-electron chi connectivity index (χ0n) is 7.73. The topological polar surface area (TPSA) is 91.7 Å². The van der Waals surface area contributed by atoms with Crippen molar-refractivity contribution < 1.29 is 22.9 Å². The minimum absolute atomic E-state index is 0. The van der Waals surface area contributed by atoms with Crippen molar-refractivity contribution in [1.82, 2.24) is 0 Å². The Morgan fingerprint density at radius 2 is 1.93 bits per heavy atom. The summed E-state index contributed by atoms with van der Waals surface area (Å²) in [6.07, 6.45) is 1.98. The third-order valence-corrected chi connectivity index (χ3v) is 2.20. The average molecular weight is 419 g/mol. The number of aliphatic carboxylic acids is 1. The van der Waals surface area contributed by atoms with Gasteiger partial charge in [0.05, 0.1) is 5.75 Å². The number of allylic oxidation sites excluding steroid dienone is 1. The van der Waals surface area contributed by atoms with Crippen LogP contribution in [-0.2, 0) is 14.9 Å². The molecule has 0 saturated carbocycles. The van der Waals surface area contributed by atoms with Gasteiger partial charge in [-0.25, -0.2) is 4.79 Å². The minimum atomic E-state index is -3.92. The Morgan fingerprint density at radius 3 is 2.29 bits per heavy atom. The van der Waals surface area contributed by atoms with Crippen LogP contribution in [0.2, 0.25) is 0 Å². The summed E-state index contributed by atoms with van der Waals surface area (Å²) >= 11 is 0. The van der Waals surface area contributed by atoms with Gasteiger partial charge in [0.1, 0.15) is 0 Å². The van der Waals surface area contributed by atoms with E-state index >= 15 is 0 Å². The van der Waals surface area contributed by atoms with Crippen molar-refractivity contribution >= 4 is 42.7 Å². The van der Waals surface area contributed by atoms with Crippen LogP contribution in [0.3, 0.4) is 0 Å². The molecule has 0 aliphatic heterocycles. The van der Waals surface area contributed by atoms with Crippen molar-refractivity contribution in [2.45, 2.75) is 19.8 Å². The fourth-order valence-corrected chi connectivity index (χ4v) is 1.20. The molecule has 0 amide bonds. The van der Waals surface area contributed by atoms with E-state index in [0.29, 0.717) is 6.42 Å². The molecule has 5 nitrogen and oxygen atoms in total. The third kappa shape index (κ3) is 10.1. The van der Waals surface area contributed by atoms with Gasteiger partial charge in [-0.1, -0.05) is 6.08 Å². The number of carbonyl (C=O) groups is 1. The molecule has 0 bridgehead atoms. The monoisotopic (exact) mass is 419 g/mol. The molecule has 2 N–H and O–H groups in total. The summed E-state index contributed by atoms with van der Waals surface area (Å²) in [5.41, 5.74) is 0.176. The molecule has 0 atom stereocenters. The first kappa shape index (κ1) is 16.4. The van der Waals surface area contributed by atoms with E-state index in [4.69, 9.17) is 9.66 Å². The molecule has 7 heteroatoms. The summed E-state index contributed by atoms with van der Waals surface area (Å²) in [7, 11) is -3.92. The summed E-state index contributed by atoms with van der Waals surface area (Å²) in [4.78, 5) is 10.3. The number of unbranched alkanes of at least 4 members (excludes halogenated alkanes) is 1. The van der Waals surface area contributed by atoms with E-state index in [9.17, 15) is 13.2 Å². The van der Waals surface area contributed by atoms with E-state index in [1.54, 1.807) is 0 Å². The van der Waals surface area contributed by atoms with Crippen molar-refractivity contribution in [2.75, 3.05) is 5.75 Å². The molecule has 0 heterocycles. The summed E-state index contributed by atoms with van der Waals surface area (Å²) in [5.74, 6) is -1.36. The van der Waals surface area contributed by atoms with Gasteiger partial charge in [-0.15, -0.1) is 0 Å². The molecule has 0 aliphatic carbocycles. The summed E-state index contributed by atoms with van der Waals surface area (Å²) in [6.45, 7) is 1.43. The number of carboxylic acids is 1. The molecule has 0 aliphatic rings. The second kappa shape index (κ2) is 7.33. The Labute approximate surface area is 102 Å². The van der Waals surface area contributed by atoms with Gasteiger partial charge in [-0.3, -0.25) is 4.55 Å². The van der Waals surface area contributed by atoms with Crippen molar-refractivity contribution in [3.8, 4) is 0 Å². The van der Waals surface area contributed by atoms with Gasteiger partial charge in [-0.05, 0) is 19.8 Å². The van der Waals surface area contributed by atoms with E-state index in [1.165, 1.54) is 13.0 Å². The second-order valence-electron chi connectivity index (χ2n) is 2.62. The standard InChI is InChI=1S/C7H12O5S.Po.2H/c1-6(7(8)9)4-2-3-5-13(10,11)12;;;/h4H,2-3,5H2,1H3,(H,8,9)(H,10,11,12);;;. The van der Waals surface area contributed by atoms with Gasteiger partial charge in [0.25, 0.3) is 10.1 Å². The Kier molecular flexibility index (Phi) is 8.61. The predicted octanol–water partition coefficient (Wildman–Crippen LogP) is -0.231. The van der Waals surface area contributed by atoms with E-state index in [-0.39, 0.29) is 44.3 Å². The molecule has 0 aromatic rings. The fourth-order valence-electron chi connectivity index (χ4n) is 0.672. The number of hydrogen-bond donors (Lipinski definition) is 2. The molecule has 0 saturated heterocycles. The van der Waals surface area contributed by atoms with Crippen molar-refractivity contribution in [1.29, 1.82) is 0 Å². The van der Waals surface area contributed by atoms with Crippen LogP contribution in [0.4, 0.5) is 0 Å². The first-order valence-electron chi connectivity index (χ1n) is 3.68. The Hall–Kier alpha value is 0.0161. The van der Waals surface area contributed by atoms with E-state index < -0.39 is 16.1 Å². The Balaban J connectivity index is 0. The van der Waals surface area contributed by atoms with Gasteiger partial charge in [0.15, 0.2) is 0 Å². The molecule has 0 unspecified atom stereocenters. The van der Waals surface area contributed by atoms with E-state index in [1.807, 2.05) is 0 Å². The van der Waals surface area contributed by atoms with Crippen LogP contribution in [-0.4, -0.2) is 56.4 Å². The first-order valence-corrected chi connectivity index (χ1v) is 5.29. The number of hydrogen-bond acceptors (Lipinski definition) is 3. The molecular formula is C7H14O5PoS.